The van der Waals surface area contributed by atoms with Gasteiger partial charge in [0.1, 0.15) is 12.0 Å². The molecule has 0 radical (unpaired) electrons. The van der Waals surface area contributed by atoms with Crippen LogP contribution in [-0.4, -0.2) is 40.9 Å². The molecule has 2 heterocycles. The molecule has 1 aliphatic heterocycles. The number of hydrogen-bond donors (Lipinski definition) is 2. The van der Waals surface area contributed by atoms with Gasteiger partial charge in [-0.2, -0.15) is 0 Å². The van der Waals surface area contributed by atoms with Gasteiger partial charge in [-0.25, -0.2) is 0 Å². The second-order valence-electron chi connectivity index (χ2n) is 6.43. The molecule has 0 bridgehead atoms. The van der Waals surface area contributed by atoms with Crippen LogP contribution >= 0.6 is 11.6 Å². The van der Waals surface area contributed by atoms with Crippen molar-refractivity contribution < 1.29 is 9.84 Å². The van der Waals surface area contributed by atoms with E-state index in [1.807, 2.05) is 36.4 Å². The number of aromatic nitrogens is 1. The largest absolute Gasteiger partial charge is 0.508 e. The quantitative estimate of drug-likeness (QED) is 0.731. The zero-order chi connectivity index (χ0) is 17.9. The number of hydrogen-bond acceptors (Lipinski definition) is 5. The smallest absolute Gasteiger partial charge is 0.140 e. The van der Waals surface area contributed by atoms with Gasteiger partial charge in [-0.1, -0.05) is 23.7 Å². The Morgan fingerprint density at radius 1 is 1.19 bits per heavy atom. The van der Waals surface area contributed by atoms with Gasteiger partial charge in [0, 0.05) is 41.9 Å². The average Bonchev–Trinajstić information content (AvgIpc) is 2.64. The van der Waals surface area contributed by atoms with E-state index in [-0.39, 0.29) is 6.23 Å². The van der Waals surface area contributed by atoms with E-state index in [0.29, 0.717) is 17.4 Å². The minimum absolute atomic E-state index is 0.0952. The molecule has 4 rings (SSSR count). The van der Waals surface area contributed by atoms with Gasteiger partial charge in [-0.3, -0.25) is 9.88 Å². The van der Waals surface area contributed by atoms with Crippen LogP contribution in [0.1, 0.15) is 5.56 Å². The third-order valence-corrected chi connectivity index (χ3v) is 4.75. The molecule has 1 unspecified atom stereocenters. The van der Waals surface area contributed by atoms with E-state index in [1.165, 1.54) is 5.56 Å². The number of phenols is 1. The lowest BCUT2D eigenvalue weighted by Gasteiger charge is -2.34. The Labute approximate surface area is 157 Å². The predicted octanol–water partition coefficient (Wildman–Crippen LogP) is 3.86. The molecule has 0 aliphatic carbocycles. The number of anilines is 1. The molecule has 1 aliphatic rings. The number of benzene rings is 2. The standard InChI is InChI=1S/C20H20ClN3O2/c21-15-3-6-17-18(7-8-22-19(17)11-15)23-20-13-24(9-10-26-20)12-14-1-4-16(25)5-2-14/h1-8,11,20,25H,9-10,12-13H2,(H,22,23). The summed E-state index contributed by atoms with van der Waals surface area (Å²) in [6, 6.07) is 15.0. The Balaban J connectivity index is 1.46. The Morgan fingerprint density at radius 3 is 2.88 bits per heavy atom. The zero-order valence-electron chi connectivity index (χ0n) is 14.2. The van der Waals surface area contributed by atoms with Crippen LogP contribution in [0.3, 0.4) is 0 Å². The Bertz CT molecular complexity index is 901. The van der Waals surface area contributed by atoms with Crippen LogP contribution in [0.15, 0.2) is 54.7 Å². The van der Waals surface area contributed by atoms with Crippen LogP contribution in [-0.2, 0) is 11.3 Å². The summed E-state index contributed by atoms with van der Waals surface area (Å²) in [7, 11) is 0. The number of pyridine rings is 1. The van der Waals surface area contributed by atoms with E-state index >= 15 is 0 Å². The lowest BCUT2D eigenvalue weighted by Crippen LogP contribution is -2.45. The summed E-state index contributed by atoms with van der Waals surface area (Å²) in [5.41, 5.74) is 3.02. The normalized spacial score (nSPS) is 18.1. The van der Waals surface area contributed by atoms with E-state index in [9.17, 15) is 5.11 Å². The van der Waals surface area contributed by atoms with Crippen LogP contribution in [0.25, 0.3) is 10.9 Å². The Hall–Kier alpha value is -2.34. The van der Waals surface area contributed by atoms with Gasteiger partial charge in [0.05, 0.1) is 12.1 Å². The van der Waals surface area contributed by atoms with Crippen molar-refractivity contribution in [2.24, 2.45) is 0 Å². The molecule has 1 aromatic heterocycles. The van der Waals surface area contributed by atoms with E-state index in [0.717, 1.165) is 36.2 Å². The molecule has 5 nitrogen and oxygen atoms in total. The fourth-order valence-corrected chi connectivity index (χ4v) is 3.38. The van der Waals surface area contributed by atoms with E-state index in [1.54, 1.807) is 18.3 Å². The van der Waals surface area contributed by atoms with Crippen molar-refractivity contribution in [2.75, 3.05) is 25.0 Å². The summed E-state index contributed by atoms with van der Waals surface area (Å²) >= 11 is 6.06. The maximum atomic E-state index is 9.42. The van der Waals surface area contributed by atoms with Crippen molar-refractivity contribution in [3.63, 3.8) is 0 Å². The summed E-state index contributed by atoms with van der Waals surface area (Å²) < 4.78 is 5.90. The minimum atomic E-state index is -0.0952. The van der Waals surface area contributed by atoms with Crippen molar-refractivity contribution >= 4 is 28.2 Å². The lowest BCUT2D eigenvalue weighted by molar-refractivity contribution is -0.0163. The van der Waals surface area contributed by atoms with Crippen molar-refractivity contribution in [1.29, 1.82) is 0 Å². The van der Waals surface area contributed by atoms with Gasteiger partial charge in [-0.15, -0.1) is 0 Å². The molecule has 6 heteroatoms. The molecule has 0 amide bonds. The maximum Gasteiger partial charge on any atom is 0.140 e. The number of halogens is 1. The van der Waals surface area contributed by atoms with Gasteiger partial charge in [0.2, 0.25) is 0 Å². The summed E-state index contributed by atoms with van der Waals surface area (Å²) in [4.78, 5) is 6.72. The number of nitrogens with zero attached hydrogens (tertiary/aromatic N) is 2. The molecule has 3 aromatic rings. The molecular weight excluding hydrogens is 350 g/mol. The summed E-state index contributed by atoms with van der Waals surface area (Å²) in [5.74, 6) is 0.292. The van der Waals surface area contributed by atoms with Crippen molar-refractivity contribution in [3.05, 3.63) is 65.3 Å². The molecular formula is C20H20ClN3O2. The first-order valence-corrected chi connectivity index (χ1v) is 8.98. The van der Waals surface area contributed by atoms with Gasteiger partial charge in [-0.05, 0) is 42.0 Å². The number of aromatic hydroxyl groups is 1. The topological polar surface area (TPSA) is 57.6 Å². The number of ether oxygens (including phenoxy) is 1. The highest BCUT2D eigenvalue weighted by Gasteiger charge is 2.21. The molecule has 0 saturated carbocycles. The van der Waals surface area contributed by atoms with Crippen LogP contribution in [0.4, 0.5) is 5.69 Å². The third kappa shape index (κ3) is 3.90. The fourth-order valence-electron chi connectivity index (χ4n) is 3.21. The minimum Gasteiger partial charge on any atom is -0.508 e. The molecule has 134 valence electrons. The van der Waals surface area contributed by atoms with E-state index < -0.39 is 0 Å². The van der Waals surface area contributed by atoms with Gasteiger partial charge in [0.15, 0.2) is 0 Å². The molecule has 1 saturated heterocycles. The van der Waals surface area contributed by atoms with Crippen molar-refractivity contribution in [3.8, 4) is 5.75 Å². The van der Waals surface area contributed by atoms with Gasteiger partial charge < -0.3 is 15.2 Å². The monoisotopic (exact) mass is 369 g/mol. The highest BCUT2D eigenvalue weighted by molar-refractivity contribution is 6.31. The number of fused-ring (bicyclic) bond motifs is 1. The van der Waals surface area contributed by atoms with E-state index in [2.05, 4.69) is 15.2 Å². The van der Waals surface area contributed by atoms with Crippen LogP contribution in [0.2, 0.25) is 5.02 Å². The number of rotatable bonds is 4. The molecule has 1 fully saturated rings. The van der Waals surface area contributed by atoms with Crippen LogP contribution < -0.4 is 5.32 Å². The number of morpholine rings is 1. The Kier molecular flexibility index (Phi) is 4.93. The molecule has 2 aromatic carbocycles. The zero-order valence-corrected chi connectivity index (χ0v) is 15.0. The number of nitrogens with one attached hydrogen (secondary N) is 1. The second kappa shape index (κ2) is 7.50. The fraction of sp³-hybridized carbons (Fsp3) is 0.250. The molecule has 0 spiro atoms. The van der Waals surface area contributed by atoms with Crippen molar-refractivity contribution in [1.82, 2.24) is 9.88 Å². The molecule has 26 heavy (non-hydrogen) atoms. The summed E-state index contributed by atoms with van der Waals surface area (Å²) in [6.07, 6.45) is 1.68. The second-order valence-corrected chi connectivity index (χ2v) is 6.86. The summed E-state index contributed by atoms with van der Waals surface area (Å²) in [5, 5.41) is 14.6. The third-order valence-electron chi connectivity index (χ3n) is 4.51. The number of phenolic OH excluding ortho intramolecular Hbond substituents is 1. The van der Waals surface area contributed by atoms with Gasteiger partial charge >= 0.3 is 0 Å². The van der Waals surface area contributed by atoms with E-state index in [4.69, 9.17) is 16.3 Å². The molecule has 1 atom stereocenters. The first-order valence-electron chi connectivity index (χ1n) is 8.60. The molecule has 2 N–H and O–H groups in total. The van der Waals surface area contributed by atoms with Gasteiger partial charge in [0.25, 0.3) is 0 Å². The summed E-state index contributed by atoms with van der Waals surface area (Å²) in [6.45, 7) is 3.16. The highest BCUT2D eigenvalue weighted by Crippen LogP contribution is 2.25. The Morgan fingerprint density at radius 2 is 2.04 bits per heavy atom. The first-order chi connectivity index (χ1) is 12.7. The van der Waals surface area contributed by atoms with Crippen molar-refractivity contribution in [2.45, 2.75) is 12.8 Å². The van der Waals surface area contributed by atoms with Crippen LogP contribution in [0.5, 0.6) is 5.75 Å². The maximum absolute atomic E-state index is 9.42. The van der Waals surface area contributed by atoms with Crippen LogP contribution in [0, 0.1) is 0 Å². The average molecular weight is 370 g/mol. The highest BCUT2D eigenvalue weighted by atomic mass is 35.5. The first kappa shape index (κ1) is 17.1. The SMILES string of the molecule is Oc1ccc(CN2CCOC(Nc3ccnc4cc(Cl)ccc34)C2)cc1. The lowest BCUT2D eigenvalue weighted by atomic mass is 10.1. The predicted molar refractivity (Wildman–Crippen MR) is 103 cm³/mol.